The monoisotopic (exact) mass is 395 g/mol. The number of anilines is 1. The number of hydrogen-bond donors (Lipinski definition) is 1. The molecule has 0 radical (unpaired) electrons. The third kappa shape index (κ3) is 4.72. The van der Waals surface area contributed by atoms with E-state index in [4.69, 9.17) is 4.74 Å². The average molecular weight is 395 g/mol. The van der Waals surface area contributed by atoms with Gasteiger partial charge in [-0.15, -0.1) is 11.3 Å². The van der Waals surface area contributed by atoms with Crippen LogP contribution in [0.15, 0.2) is 66.1 Å². The summed E-state index contributed by atoms with van der Waals surface area (Å²) < 4.78 is 18.4. The fourth-order valence-corrected chi connectivity index (χ4v) is 3.55. The Hall–Kier alpha value is -3.25. The van der Waals surface area contributed by atoms with Crippen LogP contribution in [0.25, 0.3) is 17.2 Å². The highest BCUT2D eigenvalue weighted by Crippen LogP contribution is 2.36. The number of carbonyl (C=O) groups excluding carboxylic acids is 2. The number of benzene rings is 2. The summed E-state index contributed by atoms with van der Waals surface area (Å²) in [4.78, 5) is 24.8. The number of rotatable bonds is 6. The van der Waals surface area contributed by atoms with E-state index >= 15 is 0 Å². The van der Waals surface area contributed by atoms with Gasteiger partial charge in [0.15, 0.2) is 0 Å². The second-order valence-corrected chi connectivity index (χ2v) is 6.69. The topological polar surface area (TPSA) is 55.4 Å². The summed E-state index contributed by atoms with van der Waals surface area (Å²) >= 11 is 1.22. The van der Waals surface area contributed by atoms with Crippen molar-refractivity contribution < 1.29 is 18.7 Å². The molecule has 0 aliphatic heterocycles. The van der Waals surface area contributed by atoms with Crippen molar-refractivity contribution in [3.8, 4) is 11.1 Å². The minimum absolute atomic E-state index is 0.207. The molecule has 2 aromatic carbocycles. The van der Waals surface area contributed by atoms with E-state index in [-0.39, 0.29) is 23.9 Å². The van der Waals surface area contributed by atoms with E-state index in [0.29, 0.717) is 16.1 Å². The van der Waals surface area contributed by atoms with Gasteiger partial charge >= 0.3 is 5.97 Å². The molecule has 0 spiro atoms. The van der Waals surface area contributed by atoms with Crippen LogP contribution in [0.4, 0.5) is 9.39 Å². The first-order valence-corrected chi connectivity index (χ1v) is 9.55. The predicted molar refractivity (Wildman–Crippen MR) is 110 cm³/mol. The van der Waals surface area contributed by atoms with Crippen LogP contribution in [0, 0.1) is 5.82 Å². The van der Waals surface area contributed by atoms with Crippen LogP contribution < -0.4 is 5.32 Å². The summed E-state index contributed by atoms with van der Waals surface area (Å²) in [6.07, 6.45) is 3.09. The maximum atomic E-state index is 13.2. The number of halogens is 1. The molecule has 0 unspecified atom stereocenters. The molecule has 142 valence electrons. The second-order valence-electron chi connectivity index (χ2n) is 5.81. The Morgan fingerprint density at radius 1 is 1.11 bits per heavy atom. The molecular weight excluding hydrogens is 377 g/mol. The molecule has 1 aromatic heterocycles. The van der Waals surface area contributed by atoms with Crippen molar-refractivity contribution in [1.29, 1.82) is 0 Å². The minimum Gasteiger partial charge on any atom is -0.462 e. The number of thiophene rings is 1. The SMILES string of the molecule is CCOC(=O)c1c(-c2ccc(F)cc2)csc1NC(=O)/C=C/c1ccccc1. The number of amides is 1. The first kappa shape index (κ1) is 19.5. The van der Waals surface area contributed by atoms with Crippen molar-refractivity contribution in [2.75, 3.05) is 11.9 Å². The van der Waals surface area contributed by atoms with Gasteiger partial charge in [-0.2, -0.15) is 0 Å². The molecular formula is C22H18FNO3S. The molecule has 0 atom stereocenters. The highest BCUT2D eigenvalue weighted by molar-refractivity contribution is 7.15. The number of nitrogens with one attached hydrogen (secondary N) is 1. The molecule has 3 rings (SSSR count). The molecule has 0 saturated carbocycles. The molecule has 28 heavy (non-hydrogen) atoms. The zero-order valence-corrected chi connectivity index (χ0v) is 16.0. The van der Waals surface area contributed by atoms with Gasteiger partial charge in [0.2, 0.25) is 5.91 Å². The molecule has 6 heteroatoms. The molecule has 0 bridgehead atoms. The predicted octanol–water partition coefficient (Wildman–Crippen LogP) is 5.38. The second kappa shape index (κ2) is 9.10. The van der Waals surface area contributed by atoms with Gasteiger partial charge in [-0.1, -0.05) is 42.5 Å². The van der Waals surface area contributed by atoms with Crippen LogP contribution in [0.5, 0.6) is 0 Å². The summed E-state index contributed by atoms with van der Waals surface area (Å²) in [5.74, 6) is -1.26. The first-order chi connectivity index (χ1) is 13.6. The lowest BCUT2D eigenvalue weighted by molar-refractivity contribution is -0.111. The Morgan fingerprint density at radius 2 is 1.82 bits per heavy atom. The molecule has 4 nitrogen and oxygen atoms in total. The highest BCUT2D eigenvalue weighted by atomic mass is 32.1. The van der Waals surface area contributed by atoms with Crippen LogP contribution >= 0.6 is 11.3 Å². The number of carbonyl (C=O) groups is 2. The molecule has 1 heterocycles. The highest BCUT2D eigenvalue weighted by Gasteiger charge is 2.22. The Balaban J connectivity index is 1.88. The van der Waals surface area contributed by atoms with E-state index < -0.39 is 5.97 Å². The summed E-state index contributed by atoms with van der Waals surface area (Å²) in [7, 11) is 0. The van der Waals surface area contributed by atoms with Crippen molar-refractivity contribution in [2.24, 2.45) is 0 Å². The largest absolute Gasteiger partial charge is 0.462 e. The molecule has 1 amide bonds. The van der Waals surface area contributed by atoms with Gasteiger partial charge in [0.25, 0.3) is 0 Å². The molecule has 0 aliphatic rings. The molecule has 0 fully saturated rings. The Morgan fingerprint density at radius 3 is 2.50 bits per heavy atom. The van der Waals surface area contributed by atoms with Gasteiger partial charge in [0, 0.05) is 17.0 Å². The smallest absolute Gasteiger partial charge is 0.341 e. The van der Waals surface area contributed by atoms with Crippen LogP contribution in [0.3, 0.4) is 0 Å². The van der Waals surface area contributed by atoms with Crippen molar-refractivity contribution in [1.82, 2.24) is 0 Å². The van der Waals surface area contributed by atoms with Crippen molar-refractivity contribution in [2.45, 2.75) is 6.92 Å². The molecule has 3 aromatic rings. The van der Waals surface area contributed by atoms with Crippen LogP contribution in [0.2, 0.25) is 0 Å². The number of ether oxygens (including phenoxy) is 1. The third-order valence-electron chi connectivity index (χ3n) is 3.89. The van der Waals surface area contributed by atoms with Gasteiger partial charge in [-0.05, 0) is 36.3 Å². The Kier molecular flexibility index (Phi) is 6.34. The van der Waals surface area contributed by atoms with E-state index in [2.05, 4.69) is 5.32 Å². The zero-order valence-electron chi connectivity index (χ0n) is 15.1. The number of hydrogen-bond acceptors (Lipinski definition) is 4. The molecule has 1 N–H and O–H groups in total. The normalized spacial score (nSPS) is 10.8. The summed E-state index contributed by atoms with van der Waals surface area (Å²) in [5, 5.41) is 4.87. The summed E-state index contributed by atoms with van der Waals surface area (Å²) in [6, 6.07) is 15.2. The molecule has 0 aliphatic carbocycles. The van der Waals surface area contributed by atoms with E-state index in [1.807, 2.05) is 30.3 Å². The van der Waals surface area contributed by atoms with E-state index in [0.717, 1.165) is 5.56 Å². The Labute approximate surface area is 166 Å². The van der Waals surface area contributed by atoms with Crippen LogP contribution in [0.1, 0.15) is 22.8 Å². The van der Waals surface area contributed by atoms with Gasteiger partial charge in [-0.3, -0.25) is 4.79 Å². The van der Waals surface area contributed by atoms with Crippen LogP contribution in [-0.2, 0) is 9.53 Å². The van der Waals surface area contributed by atoms with Gasteiger partial charge < -0.3 is 10.1 Å². The third-order valence-corrected chi connectivity index (χ3v) is 4.78. The first-order valence-electron chi connectivity index (χ1n) is 8.67. The quantitative estimate of drug-likeness (QED) is 0.450. The molecule has 0 saturated heterocycles. The Bertz CT molecular complexity index is 994. The lowest BCUT2D eigenvalue weighted by Gasteiger charge is -2.08. The van der Waals surface area contributed by atoms with Crippen molar-refractivity contribution >= 4 is 34.3 Å². The van der Waals surface area contributed by atoms with E-state index in [1.165, 1.54) is 29.5 Å². The maximum Gasteiger partial charge on any atom is 0.341 e. The minimum atomic E-state index is -0.537. The summed E-state index contributed by atoms with van der Waals surface area (Å²) in [5.41, 5.74) is 2.41. The number of esters is 1. The van der Waals surface area contributed by atoms with E-state index in [1.54, 1.807) is 30.5 Å². The van der Waals surface area contributed by atoms with Gasteiger partial charge in [-0.25, -0.2) is 9.18 Å². The summed E-state index contributed by atoms with van der Waals surface area (Å²) in [6.45, 7) is 1.92. The zero-order chi connectivity index (χ0) is 19.9. The average Bonchev–Trinajstić information content (AvgIpc) is 3.11. The van der Waals surface area contributed by atoms with Gasteiger partial charge in [0.05, 0.1) is 6.61 Å². The van der Waals surface area contributed by atoms with Crippen LogP contribution in [-0.4, -0.2) is 18.5 Å². The fourth-order valence-electron chi connectivity index (χ4n) is 2.59. The van der Waals surface area contributed by atoms with Crippen molar-refractivity contribution in [3.05, 3.63) is 83.0 Å². The fraction of sp³-hybridized carbons (Fsp3) is 0.0909. The lowest BCUT2D eigenvalue weighted by atomic mass is 10.0. The van der Waals surface area contributed by atoms with Crippen molar-refractivity contribution in [3.63, 3.8) is 0 Å². The maximum absolute atomic E-state index is 13.2. The lowest BCUT2D eigenvalue weighted by Crippen LogP contribution is -2.12. The van der Waals surface area contributed by atoms with E-state index in [9.17, 15) is 14.0 Å². The van der Waals surface area contributed by atoms with Gasteiger partial charge in [0.1, 0.15) is 16.4 Å². The standard InChI is InChI=1S/C22H18FNO3S/c1-2-27-22(26)20-18(16-9-11-17(23)12-10-16)14-28-21(20)24-19(25)13-8-15-6-4-3-5-7-15/h3-14H,2H2,1H3,(H,24,25)/b13-8+.